The largest absolute Gasteiger partial charge is 0.394 e. The maximum Gasteiger partial charge on any atom is 0.261 e. The maximum absolute atomic E-state index is 13.5. The Morgan fingerprint density at radius 1 is 0.946 bits per heavy atom. The van der Waals surface area contributed by atoms with Crippen molar-refractivity contribution < 1.29 is 34.8 Å². The van der Waals surface area contributed by atoms with Crippen molar-refractivity contribution >= 4 is 44.9 Å². The molecule has 0 aliphatic carbocycles. The quantitative estimate of drug-likeness (QED) is 0.250. The van der Waals surface area contributed by atoms with Gasteiger partial charge >= 0.3 is 0 Å². The highest BCUT2D eigenvalue weighted by Gasteiger charge is 2.45. The third-order valence-electron chi connectivity index (χ3n) is 7.15. The molecular weight excluding hydrogens is 480 g/mol. The molecule has 6 rings (SSSR count). The van der Waals surface area contributed by atoms with Crippen LogP contribution in [0.25, 0.3) is 33.1 Å². The molecule has 2 aliphatic rings. The molecular formula is C26H24N4O7. The topological polar surface area (TPSA) is 161 Å². The van der Waals surface area contributed by atoms with Crippen LogP contribution in [0.3, 0.4) is 0 Å². The molecule has 4 aromatic rings. The van der Waals surface area contributed by atoms with Gasteiger partial charge < -0.3 is 34.7 Å². The lowest BCUT2D eigenvalue weighted by molar-refractivity contribution is -0.250. The van der Waals surface area contributed by atoms with E-state index in [9.17, 15) is 30.0 Å². The molecule has 190 valence electrons. The fraction of sp³-hybridized carbons (Fsp3) is 0.269. The molecule has 0 unspecified atom stereocenters. The number of aliphatic hydroxyl groups is 4. The molecule has 1 aromatic carbocycles. The van der Waals surface area contributed by atoms with E-state index in [1.54, 1.807) is 24.5 Å². The molecule has 11 nitrogen and oxygen atoms in total. The summed E-state index contributed by atoms with van der Waals surface area (Å²) >= 11 is 0. The van der Waals surface area contributed by atoms with Gasteiger partial charge in [-0.25, -0.2) is 4.98 Å². The van der Waals surface area contributed by atoms with Gasteiger partial charge in [0, 0.05) is 53.1 Å². The average Bonchev–Trinajstić information content (AvgIpc) is 3.57. The SMILES string of the molecule is CN1C(=O)C(c2c[nH]c3ccccc23)=C(c2cn([C@@H]3O[C@H](CO)[C@@H](O)[C@H](O)[C@H]3O)c3ncccc23)C1=O. The van der Waals surface area contributed by atoms with E-state index in [1.807, 2.05) is 24.3 Å². The monoisotopic (exact) mass is 504 g/mol. The van der Waals surface area contributed by atoms with Crippen LogP contribution in [0, 0.1) is 0 Å². The summed E-state index contributed by atoms with van der Waals surface area (Å²) in [5.74, 6) is -0.954. The Morgan fingerprint density at radius 3 is 2.41 bits per heavy atom. The minimum absolute atomic E-state index is 0.165. The van der Waals surface area contributed by atoms with Gasteiger partial charge in [-0.3, -0.25) is 14.5 Å². The number of carbonyl (C=O) groups is 2. The van der Waals surface area contributed by atoms with Crippen LogP contribution in [0.4, 0.5) is 0 Å². The van der Waals surface area contributed by atoms with Crippen LogP contribution in [-0.4, -0.2) is 89.7 Å². The van der Waals surface area contributed by atoms with Gasteiger partial charge in [0.05, 0.1) is 17.8 Å². The van der Waals surface area contributed by atoms with Gasteiger partial charge in [-0.2, -0.15) is 0 Å². The van der Waals surface area contributed by atoms with Crippen LogP contribution in [0.15, 0.2) is 55.0 Å². The standard InChI is InChI=1S/C26H24N4O7/c1-29-24(35)18(14-9-28-16-7-3-2-5-12(14)16)19(25(29)36)15-10-30(23-13(15)6-4-8-27-23)26-22(34)21(33)20(32)17(11-31)37-26/h2-10,17,20-22,26,28,31-34H,11H2,1H3/t17-,20-,21+,22-,26-/m1/s1. The molecule has 3 aromatic heterocycles. The number of para-hydroxylation sites is 1. The second-order valence-electron chi connectivity index (χ2n) is 9.21. The van der Waals surface area contributed by atoms with Crippen LogP contribution in [0.1, 0.15) is 17.4 Å². The number of carbonyl (C=O) groups excluding carboxylic acids is 2. The van der Waals surface area contributed by atoms with Crippen LogP contribution < -0.4 is 0 Å². The number of amides is 2. The number of pyridine rings is 1. The van der Waals surface area contributed by atoms with Crippen LogP contribution in [-0.2, 0) is 14.3 Å². The van der Waals surface area contributed by atoms with E-state index in [2.05, 4.69) is 9.97 Å². The zero-order valence-electron chi connectivity index (χ0n) is 19.6. The van der Waals surface area contributed by atoms with E-state index in [-0.39, 0.29) is 11.1 Å². The van der Waals surface area contributed by atoms with Gasteiger partial charge in [0.2, 0.25) is 0 Å². The Kier molecular flexibility index (Phi) is 5.48. The zero-order valence-corrected chi connectivity index (χ0v) is 19.6. The summed E-state index contributed by atoms with van der Waals surface area (Å²) in [6.45, 7) is -0.589. The molecule has 37 heavy (non-hydrogen) atoms. The normalized spacial score (nSPS) is 26.7. The second kappa shape index (κ2) is 8.61. The summed E-state index contributed by atoms with van der Waals surface area (Å²) in [5, 5.41) is 42.3. The lowest BCUT2D eigenvalue weighted by Gasteiger charge is -2.40. The van der Waals surface area contributed by atoms with E-state index in [0.29, 0.717) is 22.2 Å². The Labute approximate surface area is 209 Å². The molecule has 0 spiro atoms. The van der Waals surface area contributed by atoms with E-state index >= 15 is 0 Å². The number of benzene rings is 1. The van der Waals surface area contributed by atoms with Gasteiger partial charge in [-0.1, -0.05) is 18.2 Å². The first-order valence-corrected chi connectivity index (χ1v) is 11.7. The van der Waals surface area contributed by atoms with Crippen molar-refractivity contribution in [2.45, 2.75) is 30.6 Å². The van der Waals surface area contributed by atoms with E-state index < -0.39 is 49.1 Å². The number of hydrogen-bond acceptors (Lipinski definition) is 8. The number of ether oxygens (including phenoxy) is 1. The zero-order chi connectivity index (χ0) is 26.0. The van der Waals surface area contributed by atoms with Crippen LogP contribution in [0.2, 0.25) is 0 Å². The summed E-state index contributed by atoms with van der Waals surface area (Å²) in [7, 11) is 1.42. The number of H-pyrrole nitrogens is 1. The molecule has 2 aliphatic heterocycles. The van der Waals surface area contributed by atoms with Gasteiger partial charge in [0.1, 0.15) is 30.1 Å². The van der Waals surface area contributed by atoms with Crippen molar-refractivity contribution in [1.82, 2.24) is 19.4 Å². The second-order valence-corrected chi connectivity index (χ2v) is 9.21. The smallest absolute Gasteiger partial charge is 0.261 e. The molecule has 0 saturated carbocycles. The molecule has 0 radical (unpaired) electrons. The third-order valence-corrected chi connectivity index (χ3v) is 7.15. The van der Waals surface area contributed by atoms with Gasteiger partial charge in [0.25, 0.3) is 11.8 Å². The number of aromatic nitrogens is 3. The highest BCUT2D eigenvalue weighted by atomic mass is 16.6. The number of rotatable bonds is 4. The predicted molar refractivity (Wildman–Crippen MR) is 132 cm³/mol. The summed E-state index contributed by atoms with van der Waals surface area (Å²) < 4.78 is 7.20. The number of likely N-dealkylation sites (N-methyl/N-ethyl adjacent to an activating group) is 1. The number of nitrogens with one attached hydrogen (secondary N) is 1. The van der Waals surface area contributed by atoms with Crippen molar-refractivity contribution in [3.05, 3.63) is 66.1 Å². The van der Waals surface area contributed by atoms with Crippen molar-refractivity contribution in [3.8, 4) is 0 Å². The minimum atomic E-state index is -1.60. The van der Waals surface area contributed by atoms with Crippen molar-refractivity contribution in [3.63, 3.8) is 0 Å². The Balaban J connectivity index is 1.59. The number of nitrogens with zero attached hydrogens (tertiary/aromatic N) is 3. The van der Waals surface area contributed by atoms with E-state index in [0.717, 1.165) is 15.8 Å². The number of imide groups is 1. The Bertz CT molecular complexity index is 1590. The summed E-state index contributed by atoms with van der Waals surface area (Å²) in [5.41, 5.74) is 2.49. The maximum atomic E-state index is 13.5. The van der Waals surface area contributed by atoms with Crippen LogP contribution >= 0.6 is 0 Å². The fourth-order valence-corrected chi connectivity index (χ4v) is 5.21. The van der Waals surface area contributed by atoms with Gasteiger partial charge in [-0.05, 0) is 18.2 Å². The highest BCUT2D eigenvalue weighted by molar-refractivity contribution is 6.50. The Morgan fingerprint density at radius 2 is 1.65 bits per heavy atom. The van der Waals surface area contributed by atoms with Crippen molar-refractivity contribution in [2.24, 2.45) is 0 Å². The first-order valence-electron chi connectivity index (χ1n) is 11.7. The number of aromatic amines is 1. The lowest BCUT2D eigenvalue weighted by Crippen LogP contribution is -2.56. The average molecular weight is 504 g/mol. The summed E-state index contributed by atoms with van der Waals surface area (Å²) in [6.07, 6.45) is -2.28. The first kappa shape index (κ1) is 23.5. The Hall–Kier alpha value is -3.87. The van der Waals surface area contributed by atoms with Crippen molar-refractivity contribution in [1.29, 1.82) is 0 Å². The van der Waals surface area contributed by atoms with Crippen molar-refractivity contribution in [2.75, 3.05) is 13.7 Å². The molecule has 0 bridgehead atoms. The number of aliphatic hydroxyl groups excluding tert-OH is 4. The summed E-state index contributed by atoms with van der Waals surface area (Å²) in [6, 6.07) is 10.9. The highest BCUT2D eigenvalue weighted by Crippen LogP contribution is 2.42. The molecule has 11 heteroatoms. The van der Waals surface area contributed by atoms with E-state index in [4.69, 9.17) is 4.74 Å². The van der Waals surface area contributed by atoms with Gasteiger partial charge in [0.15, 0.2) is 6.23 Å². The minimum Gasteiger partial charge on any atom is -0.394 e. The predicted octanol–water partition coefficient (Wildman–Crippen LogP) is 0.399. The lowest BCUT2D eigenvalue weighted by atomic mass is 9.96. The third kappa shape index (κ3) is 3.36. The number of hydrogen-bond donors (Lipinski definition) is 5. The molecule has 5 atom stereocenters. The van der Waals surface area contributed by atoms with E-state index in [1.165, 1.54) is 17.8 Å². The fourth-order valence-electron chi connectivity index (χ4n) is 5.21. The summed E-state index contributed by atoms with van der Waals surface area (Å²) in [4.78, 5) is 35.4. The number of fused-ring (bicyclic) bond motifs is 2. The first-order chi connectivity index (χ1) is 17.8. The molecule has 2 amide bonds. The van der Waals surface area contributed by atoms with Gasteiger partial charge in [-0.15, -0.1) is 0 Å². The molecule has 1 fully saturated rings. The molecule has 5 heterocycles. The molecule has 5 N–H and O–H groups in total. The molecule has 1 saturated heterocycles. The van der Waals surface area contributed by atoms with Crippen LogP contribution in [0.5, 0.6) is 0 Å².